The van der Waals surface area contributed by atoms with E-state index in [0.717, 1.165) is 11.8 Å². The van der Waals surface area contributed by atoms with Gasteiger partial charge in [-0.25, -0.2) is 14.2 Å². The number of hydrogen-bond acceptors (Lipinski definition) is 5. The molecule has 0 radical (unpaired) electrons. The fraction of sp³-hybridized carbons (Fsp3) is 0.214. The van der Waals surface area contributed by atoms with Gasteiger partial charge in [0.2, 0.25) is 5.91 Å². The Morgan fingerprint density at radius 1 is 1.41 bits per heavy atom. The SMILES string of the molecule is CC1=C(C(=O)O)C(c2ccc(F)cc2)N=C(SCC(N)=O)N1. The summed E-state index contributed by atoms with van der Waals surface area (Å²) in [5.74, 6) is -2.00. The molecule has 2 rings (SSSR count). The summed E-state index contributed by atoms with van der Waals surface area (Å²) in [4.78, 5) is 26.6. The van der Waals surface area contributed by atoms with Crippen LogP contribution in [0.25, 0.3) is 0 Å². The lowest BCUT2D eigenvalue weighted by Crippen LogP contribution is -2.30. The number of primary amides is 1. The number of aliphatic carboxylic acids is 1. The van der Waals surface area contributed by atoms with Gasteiger partial charge in [-0.05, 0) is 24.6 Å². The molecule has 1 aliphatic heterocycles. The van der Waals surface area contributed by atoms with Crippen LogP contribution in [0.4, 0.5) is 4.39 Å². The number of amidine groups is 1. The van der Waals surface area contributed by atoms with Gasteiger partial charge in [0, 0.05) is 5.70 Å². The summed E-state index contributed by atoms with van der Waals surface area (Å²) in [7, 11) is 0. The number of rotatable bonds is 4. The fourth-order valence-corrected chi connectivity index (χ4v) is 2.71. The molecule has 1 aliphatic rings. The van der Waals surface area contributed by atoms with Crippen LogP contribution in [-0.4, -0.2) is 27.9 Å². The Labute approximate surface area is 130 Å². The Kier molecular flexibility index (Phi) is 4.81. The van der Waals surface area contributed by atoms with Crippen molar-refractivity contribution in [2.45, 2.75) is 13.0 Å². The predicted molar refractivity (Wildman–Crippen MR) is 81.7 cm³/mol. The number of carbonyl (C=O) groups is 2. The molecule has 0 saturated carbocycles. The molecule has 0 bridgehead atoms. The van der Waals surface area contributed by atoms with Gasteiger partial charge in [0.1, 0.15) is 11.9 Å². The molecular formula is C14H14FN3O3S. The van der Waals surface area contributed by atoms with Gasteiger partial charge >= 0.3 is 5.97 Å². The number of amides is 1. The van der Waals surface area contributed by atoms with Crippen LogP contribution in [0.15, 0.2) is 40.5 Å². The predicted octanol–water partition coefficient (Wildman–Crippen LogP) is 1.40. The lowest BCUT2D eigenvalue weighted by atomic mass is 9.97. The van der Waals surface area contributed by atoms with E-state index in [2.05, 4.69) is 10.3 Å². The van der Waals surface area contributed by atoms with Crippen molar-refractivity contribution in [1.29, 1.82) is 0 Å². The molecule has 22 heavy (non-hydrogen) atoms. The highest BCUT2D eigenvalue weighted by Gasteiger charge is 2.29. The van der Waals surface area contributed by atoms with Crippen molar-refractivity contribution in [2.24, 2.45) is 10.7 Å². The number of halogens is 1. The Balaban J connectivity index is 2.37. The van der Waals surface area contributed by atoms with Crippen molar-refractivity contribution in [3.63, 3.8) is 0 Å². The first-order valence-corrected chi connectivity index (χ1v) is 7.32. The van der Waals surface area contributed by atoms with E-state index < -0.39 is 23.7 Å². The number of nitrogens with zero attached hydrogens (tertiary/aromatic N) is 1. The Hall–Kier alpha value is -2.35. The maximum atomic E-state index is 13.0. The van der Waals surface area contributed by atoms with Crippen LogP contribution in [0, 0.1) is 5.82 Å². The summed E-state index contributed by atoms with van der Waals surface area (Å²) in [6, 6.07) is 4.70. The van der Waals surface area contributed by atoms with Gasteiger partial charge in [0.05, 0.1) is 11.3 Å². The lowest BCUT2D eigenvalue weighted by molar-refractivity contribution is -0.133. The van der Waals surface area contributed by atoms with Crippen LogP contribution in [0.2, 0.25) is 0 Å². The molecule has 1 atom stereocenters. The molecule has 0 aromatic heterocycles. The van der Waals surface area contributed by atoms with Crippen molar-refractivity contribution in [3.05, 3.63) is 46.9 Å². The van der Waals surface area contributed by atoms with E-state index in [-0.39, 0.29) is 11.3 Å². The number of thioether (sulfide) groups is 1. The summed E-state index contributed by atoms with van der Waals surface area (Å²) >= 11 is 1.09. The molecule has 0 saturated heterocycles. The zero-order valence-electron chi connectivity index (χ0n) is 11.7. The second-order valence-corrected chi connectivity index (χ2v) is 5.58. The van der Waals surface area contributed by atoms with E-state index in [4.69, 9.17) is 5.73 Å². The number of carboxylic acids is 1. The van der Waals surface area contributed by atoms with E-state index in [1.54, 1.807) is 6.92 Å². The molecule has 1 heterocycles. The molecule has 0 fully saturated rings. The molecule has 1 amide bonds. The zero-order valence-corrected chi connectivity index (χ0v) is 12.5. The van der Waals surface area contributed by atoms with Crippen LogP contribution >= 0.6 is 11.8 Å². The maximum Gasteiger partial charge on any atom is 0.335 e. The smallest absolute Gasteiger partial charge is 0.335 e. The summed E-state index contributed by atoms with van der Waals surface area (Å²) in [5.41, 5.74) is 6.14. The molecular weight excluding hydrogens is 309 g/mol. The number of aliphatic imine (C=N–C) groups is 1. The summed E-state index contributed by atoms with van der Waals surface area (Å²) in [5, 5.41) is 12.6. The van der Waals surface area contributed by atoms with Crippen LogP contribution in [-0.2, 0) is 9.59 Å². The minimum Gasteiger partial charge on any atom is -0.478 e. The highest BCUT2D eigenvalue weighted by Crippen LogP contribution is 2.32. The van der Waals surface area contributed by atoms with Crippen molar-refractivity contribution in [1.82, 2.24) is 5.32 Å². The average molecular weight is 323 g/mol. The molecule has 8 heteroatoms. The second kappa shape index (κ2) is 6.61. The topological polar surface area (TPSA) is 105 Å². The van der Waals surface area contributed by atoms with E-state index in [9.17, 15) is 19.1 Å². The van der Waals surface area contributed by atoms with Crippen LogP contribution < -0.4 is 11.1 Å². The van der Waals surface area contributed by atoms with Crippen molar-refractivity contribution >= 4 is 28.8 Å². The Bertz CT molecular complexity index is 670. The summed E-state index contributed by atoms with van der Waals surface area (Å²) in [6.45, 7) is 1.61. The number of carbonyl (C=O) groups excluding carboxylic acids is 1. The van der Waals surface area contributed by atoms with E-state index >= 15 is 0 Å². The van der Waals surface area contributed by atoms with Gasteiger partial charge in [-0.3, -0.25) is 4.79 Å². The van der Waals surface area contributed by atoms with E-state index in [1.807, 2.05) is 0 Å². The quantitative estimate of drug-likeness (QED) is 0.777. The van der Waals surface area contributed by atoms with Gasteiger partial charge < -0.3 is 16.2 Å². The molecule has 116 valence electrons. The molecule has 1 aromatic carbocycles. The molecule has 0 spiro atoms. The van der Waals surface area contributed by atoms with Gasteiger partial charge in [0.25, 0.3) is 0 Å². The van der Waals surface area contributed by atoms with Crippen molar-refractivity contribution < 1.29 is 19.1 Å². The highest BCUT2D eigenvalue weighted by atomic mass is 32.2. The van der Waals surface area contributed by atoms with Crippen LogP contribution in [0.5, 0.6) is 0 Å². The summed E-state index contributed by atoms with van der Waals surface area (Å²) < 4.78 is 13.0. The molecule has 4 N–H and O–H groups in total. The number of hydrogen-bond donors (Lipinski definition) is 3. The highest BCUT2D eigenvalue weighted by molar-refractivity contribution is 8.14. The summed E-state index contributed by atoms with van der Waals surface area (Å²) in [6.07, 6.45) is 0. The van der Waals surface area contributed by atoms with Gasteiger partial charge in [0.15, 0.2) is 5.17 Å². The van der Waals surface area contributed by atoms with E-state index in [1.165, 1.54) is 24.3 Å². The third-order valence-corrected chi connectivity index (χ3v) is 3.90. The average Bonchev–Trinajstić information content (AvgIpc) is 2.44. The fourth-order valence-electron chi connectivity index (χ4n) is 2.02. The number of allylic oxidation sites excluding steroid dienone is 1. The Morgan fingerprint density at radius 3 is 2.59 bits per heavy atom. The zero-order chi connectivity index (χ0) is 16.3. The monoisotopic (exact) mass is 323 g/mol. The number of nitrogens with two attached hydrogens (primary N) is 1. The standard InChI is InChI=1S/C14H14FN3O3S/c1-7-11(13(20)21)12(8-2-4-9(15)5-3-8)18-14(17-7)22-6-10(16)19/h2-5,12H,6H2,1H3,(H2,16,19)(H,17,18)(H,20,21). The normalized spacial score (nSPS) is 17.7. The maximum absolute atomic E-state index is 13.0. The first kappa shape index (κ1) is 16.0. The first-order valence-electron chi connectivity index (χ1n) is 6.34. The van der Waals surface area contributed by atoms with Gasteiger partial charge in [-0.2, -0.15) is 0 Å². The molecule has 1 aromatic rings. The first-order chi connectivity index (χ1) is 10.4. The largest absolute Gasteiger partial charge is 0.478 e. The van der Waals surface area contributed by atoms with Crippen LogP contribution in [0.1, 0.15) is 18.5 Å². The van der Waals surface area contributed by atoms with Crippen molar-refractivity contribution in [2.75, 3.05) is 5.75 Å². The van der Waals surface area contributed by atoms with Crippen LogP contribution in [0.3, 0.4) is 0 Å². The van der Waals surface area contributed by atoms with Gasteiger partial charge in [-0.1, -0.05) is 23.9 Å². The minimum absolute atomic E-state index is 0.0255. The second-order valence-electron chi connectivity index (χ2n) is 4.61. The van der Waals surface area contributed by atoms with Crippen molar-refractivity contribution in [3.8, 4) is 0 Å². The lowest BCUT2D eigenvalue weighted by Gasteiger charge is -2.24. The molecule has 1 unspecified atom stereocenters. The Morgan fingerprint density at radius 2 is 2.05 bits per heavy atom. The third kappa shape index (κ3) is 3.64. The molecule has 6 nitrogen and oxygen atoms in total. The minimum atomic E-state index is -1.11. The van der Waals surface area contributed by atoms with Gasteiger partial charge in [-0.15, -0.1) is 0 Å². The number of nitrogens with one attached hydrogen (secondary N) is 1. The molecule has 0 aliphatic carbocycles. The number of carboxylic acid groups (broad SMARTS) is 1. The third-order valence-electron chi connectivity index (χ3n) is 2.99. The number of benzene rings is 1. The van der Waals surface area contributed by atoms with E-state index in [0.29, 0.717) is 16.4 Å².